The lowest BCUT2D eigenvalue weighted by Gasteiger charge is -2.37. The molecule has 1 saturated heterocycles. The zero-order valence-corrected chi connectivity index (χ0v) is 11.5. The summed E-state index contributed by atoms with van der Waals surface area (Å²) in [6, 6.07) is 7.53. The predicted molar refractivity (Wildman–Crippen MR) is 75.4 cm³/mol. The fraction of sp³-hybridized carbons (Fsp3) is 0.500. The Hall–Kier alpha value is -1.75. The van der Waals surface area contributed by atoms with Gasteiger partial charge < -0.3 is 20.3 Å². The van der Waals surface area contributed by atoms with Gasteiger partial charge in [-0.3, -0.25) is 4.79 Å². The Kier molecular flexibility index (Phi) is 4.27. The number of nitrogens with zero attached hydrogens (tertiary/aromatic N) is 2. The van der Waals surface area contributed by atoms with Gasteiger partial charge in [0.2, 0.25) is 5.91 Å². The Balaban J connectivity index is 2.02. The van der Waals surface area contributed by atoms with Crippen LogP contribution in [0, 0.1) is 0 Å². The molecule has 1 heterocycles. The largest absolute Gasteiger partial charge is 0.495 e. The van der Waals surface area contributed by atoms with Gasteiger partial charge in [-0.05, 0) is 19.1 Å². The SMILES string of the molecule is COc1ccccc1N1CCN(C(=O)C(C)N)CC1. The molecule has 0 aliphatic carbocycles. The van der Waals surface area contributed by atoms with Crippen LogP contribution in [0.1, 0.15) is 6.92 Å². The van der Waals surface area contributed by atoms with Crippen LogP contribution in [0.5, 0.6) is 5.75 Å². The average molecular weight is 263 g/mol. The highest BCUT2D eigenvalue weighted by Crippen LogP contribution is 2.28. The van der Waals surface area contributed by atoms with E-state index in [2.05, 4.69) is 4.90 Å². The zero-order chi connectivity index (χ0) is 13.8. The summed E-state index contributed by atoms with van der Waals surface area (Å²) in [6.07, 6.45) is 0. The van der Waals surface area contributed by atoms with Crippen molar-refractivity contribution in [3.05, 3.63) is 24.3 Å². The third-order valence-electron chi connectivity index (χ3n) is 3.41. The summed E-state index contributed by atoms with van der Waals surface area (Å²) in [4.78, 5) is 15.9. The molecule has 0 saturated carbocycles. The summed E-state index contributed by atoms with van der Waals surface area (Å²) in [5, 5.41) is 0. The van der Waals surface area contributed by atoms with Crippen LogP contribution in [0.2, 0.25) is 0 Å². The highest BCUT2D eigenvalue weighted by atomic mass is 16.5. The average Bonchev–Trinajstić information content (AvgIpc) is 2.46. The van der Waals surface area contributed by atoms with Crippen molar-refractivity contribution in [1.82, 2.24) is 4.90 Å². The van der Waals surface area contributed by atoms with E-state index < -0.39 is 6.04 Å². The number of nitrogens with two attached hydrogens (primary N) is 1. The fourth-order valence-electron chi connectivity index (χ4n) is 2.35. The highest BCUT2D eigenvalue weighted by Gasteiger charge is 2.24. The number of para-hydroxylation sites is 2. The topological polar surface area (TPSA) is 58.8 Å². The van der Waals surface area contributed by atoms with Crippen LogP contribution in [0.4, 0.5) is 5.69 Å². The lowest BCUT2D eigenvalue weighted by atomic mass is 10.2. The molecule has 1 unspecified atom stereocenters. The summed E-state index contributed by atoms with van der Waals surface area (Å²) in [7, 11) is 1.68. The first-order valence-corrected chi connectivity index (χ1v) is 6.56. The van der Waals surface area contributed by atoms with Crippen molar-refractivity contribution in [3.8, 4) is 5.75 Å². The van der Waals surface area contributed by atoms with E-state index >= 15 is 0 Å². The quantitative estimate of drug-likeness (QED) is 0.871. The maximum atomic E-state index is 11.8. The molecule has 0 spiro atoms. The Morgan fingerprint density at radius 1 is 1.26 bits per heavy atom. The third kappa shape index (κ3) is 2.98. The van der Waals surface area contributed by atoms with Crippen LogP contribution in [-0.2, 0) is 4.79 Å². The van der Waals surface area contributed by atoms with Crippen molar-refractivity contribution >= 4 is 11.6 Å². The van der Waals surface area contributed by atoms with Gasteiger partial charge in [0.25, 0.3) is 0 Å². The van der Waals surface area contributed by atoms with Gasteiger partial charge in [0.15, 0.2) is 0 Å². The molecular formula is C14H21N3O2. The van der Waals surface area contributed by atoms with Gasteiger partial charge in [0.1, 0.15) is 5.75 Å². The van der Waals surface area contributed by atoms with Crippen LogP contribution >= 0.6 is 0 Å². The number of carbonyl (C=O) groups is 1. The number of anilines is 1. The van der Waals surface area contributed by atoms with E-state index in [1.54, 1.807) is 14.0 Å². The zero-order valence-electron chi connectivity index (χ0n) is 11.5. The maximum Gasteiger partial charge on any atom is 0.239 e. The molecule has 5 heteroatoms. The monoisotopic (exact) mass is 263 g/mol. The number of methoxy groups -OCH3 is 1. The van der Waals surface area contributed by atoms with Gasteiger partial charge in [-0.15, -0.1) is 0 Å². The third-order valence-corrected chi connectivity index (χ3v) is 3.41. The summed E-state index contributed by atoms with van der Waals surface area (Å²) in [6.45, 7) is 4.75. The second kappa shape index (κ2) is 5.93. The van der Waals surface area contributed by atoms with Crippen molar-refractivity contribution in [1.29, 1.82) is 0 Å². The highest BCUT2D eigenvalue weighted by molar-refractivity contribution is 5.81. The molecule has 19 heavy (non-hydrogen) atoms. The lowest BCUT2D eigenvalue weighted by Crippen LogP contribution is -2.52. The number of benzene rings is 1. The molecule has 1 amide bonds. The molecule has 0 radical (unpaired) electrons. The molecule has 0 bridgehead atoms. The summed E-state index contributed by atoms with van der Waals surface area (Å²) in [5.41, 5.74) is 6.71. The first-order chi connectivity index (χ1) is 9.13. The molecule has 104 valence electrons. The van der Waals surface area contributed by atoms with Crippen molar-refractivity contribution in [3.63, 3.8) is 0 Å². The molecule has 1 aromatic rings. The van der Waals surface area contributed by atoms with Crippen molar-refractivity contribution < 1.29 is 9.53 Å². The molecule has 2 rings (SSSR count). The number of piperazine rings is 1. The van der Waals surface area contributed by atoms with Gasteiger partial charge in [0.05, 0.1) is 18.8 Å². The standard InChI is InChI=1S/C14H21N3O2/c1-11(15)14(18)17-9-7-16(8-10-17)12-5-3-4-6-13(12)19-2/h3-6,11H,7-10,15H2,1-2H3. The van der Waals surface area contributed by atoms with Crippen LogP contribution in [0.25, 0.3) is 0 Å². The van der Waals surface area contributed by atoms with Crippen LogP contribution in [0.15, 0.2) is 24.3 Å². The molecule has 1 aromatic carbocycles. The normalized spacial score (nSPS) is 17.2. The van der Waals surface area contributed by atoms with Crippen molar-refractivity contribution in [2.45, 2.75) is 13.0 Å². The van der Waals surface area contributed by atoms with Gasteiger partial charge in [-0.2, -0.15) is 0 Å². The van der Waals surface area contributed by atoms with Gasteiger partial charge >= 0.3 is 0 Å². The van der Waals surface area contributed by atoms with Gasteiger partial charge in [0, 0.05) is 26.2 Å². The summed E-state index contributed by atoms with van der Waals surface area (Å²) >= 11 is 0. The van der Waals surface area contributed by atoms with Crippen LogP contribution in [0.3, 0.4) is 0 Å². The van der Waals surface area contributed by atoms with Crippen molar-refractivity contribution in [2.24, 2.45) is 5.73 Å². The number of hydrogen-bond acceptors (Lipinski definition) is 4. The van der Waals surface area contributed by atoms with Gasteiger partial charge in [-0.25, -0.2) is 0 Å². The molecule has 1 aliphatic heterocycles. The molecule has 1 atom stereocenters. The number of carbonyl (C=O) groups excluding carboxylic acids is 1. The van der Waals surface area contributed by atoms with Crippen molar-refractivity contribution in [2.75, 3.05) is 38.2 Å². The van der Waals surface area contributed by atoms with E-state index in [0.717, 1.165) is 24.5 Å². The predicted octanol–water partition coefficient (Wildman–Crippen LogP) is 0.691. The Bertz CT molecular complexity index is 440. The minimum absolute atomic E-state index is 0.0275. The lowest BCUT2D eigenvalue weighted by molar-refractivity contribution is -0.132. The summed E-state index contributed by atoms with van der Waals surface area (Å²) < 4.78 is 5.37. The number of rotatable bonds is 3. The van der Waals surface area contributed by atoms with E-state index in [1.165, 1.54) is 0 Å². The maximum absolute atomic E-state index is 11.8. The minimum Gasteiger partial charge on any atom is -0.495 e. The number of ether oxygens (including phenoxy) is 1. The Morgan fingerprint density at radius 2 is 1.89 bits per heavy atom. The second-order valence-corrected chi connectivity index (χ2v) is 4.77. The Morgan fingerprint density at radius 3 is 2.47 bits per heavy atom. The molecule has 5 nitrogen and oxygen atoms in total. The number of amides is 1. The minimum atomic E-state index is -0.419. The second-order valence-electron chi connectivity index (χ2n) is 4.77. The smallest absolute Gasteiger partial charge is 0.239 e. The van der Waals surface area contributed by atoms with E-state index in [0.29, 0.717) is 13.1 Å². The molecule has 2 N–H and O–H groups in total. The first-order valence-electron chi connectivity index (χ1n) is 6.56. The molecular weight excluding hydrogens is 242 g/mol. The van der Waals surface area contributed by atoms with Gasteiger partial charge in [-0.1, -0.05) is 12.1 Å². The number of hydrogen-bond donors (Lipinski definition) is 1. The molecule has 1 fully saturated rings. The summed E-state index contributed by atoms with van der Waals surface area (Å²) in [5.74, 6) is 0.897. The van der Waals surface area contributed by atoms with Crippen LogP contribution in [-0.4, -0.2) is 50.1 Å². The Labute approximate surface area is 113 Å². The molecule has 1 aliphatic rings. The van der Waals surface area contributed by atoms with E-state index in [4.69, 9.17) is 10.5 Å². The van der Waals surface area contributed by atoms with Crippen LogP contribution < -0.4 is 15.4 Å². The van der Waals surface area contributed by atoms with E-state index in [1.807, 2.05) is 29.2 Å². The fourth-order valence-corrected chi connectivity index (χ4v) is 2.35. The molecule has 0 aromatic heterocycles. The van der Waals surface area contributed by atoms with E-state index in [-0.39, 0.29) is 5.91 Å². The van der Waals surface area contributed by atoms with E-state index in [9.17, 15) is 4.79 Å². The first kappa shape index (κ1) is 13.7.